The number of imidazole rings is 1. The normalized spacial score (nSPS) is 22.2. The Morgan fingerprint density at radius 3 is 2.56 bits per heavy atom. The molecule has 0 aromatic carbocycles. The van der Waals surface area contributed by atoms with Crippen LogP contribution in [-0.4, -0.2) is 53.9 Å². The van der Waals surface area contributed by atoms with E-state index in [1.807, 2.05) is 6.92 Å². The number of carbonyl (C=O) groups excluding carboxylic acids is 2. The Morgan fingerprint density at radius 1 is 1.20 bits per heavy atom. The summed E-state index contributed by atoms with van der Waals surface area (Å²) in [5, 5.41) is 14.5. The van der Waals surface area contributed by atoms with E-state index < -0.39 is 30.5 Å². The molecule has 3 atom stereocenters. The maximum Gasteiger partial charge on any atom is 0.393 e. The number of piperidine rings is 1. The van der Waals surface area contributed by atoms with Gasteiger partial charge in [-0.05, 0) is 62.8 Å². The highest BCUT2D eigenvalue weighted by Crippen LogP contribution is 2.54. The molecule has 2 amide bonds. The van der Waals surface area contributed by atoms with Crippen LogP contribution < -0.4 is 10.6 Å². The Labute approximate surface area is 239 Å². The van der Waals surface area contributed by atoms with Gasteiger partial charge in [0, 0.05) is 31.6 Å². The highest BCUT2D eigenvalue weighted by Gasteiger charge is 2.48. The fourth-order valence-electron chi connectivity index (χ4n) is 6.13. The lowest BCUT2D eigenvalue weighted by Crippen LogP contribution is -2.47. The molecule has 2 aliphatic carbocycles. The van der Waals surface area contributed by atoms with Crippen LogP contribution in [0.5, 0.6) is 0 Å². The lowest BCUT2D eigenvalue weighted by Gasteiger charge is -2.30. The molecule has 6 rings (SSSR count). The summed E-state index contributed by atoms with van der Waals surface area (Å²) >= 11 is 6.18. The quantitative estimate of drug-likeness (QED) is 0.345. The Bertz CT molecular complexity index is 1440. The molecule has 220 valence electrons. The van der Waals surface area contributed by atoms with Crippen LogP contribution in [0.3, 0.4) is 0 Å². The third kappa shape index (κ3) is 5.77. The first-order chi connectivity index (χ1) is 19.7. The minimum atomic E-state index is -4.40. The topological polar surface area (TPSA) is 119 Å². The second-order valence-electron chi connectivity index (χ2n) is 11.4. The van der Waals surface area contributed by atoms with Gasteiger partial charge in [0.2, 0.25) is 5.91 Å². The number of halogens is 4. The van der Waals surface area contributed by atoms with Gasteiger partial charge in [-0.2, -0.15) is 23.4 Å². The number of nitrogens with one attached hydrogen (secondary N) is 2. The molecule has 3 aromatic heterocycles. The molecule has 1 saturated heterocycles. The van der Waals surface area contributed by atoms with E-state index in [1.165, 1.54) is 4.52 Å². The largest absolute Gasteiger partial charge is 0.393 e. The van der Waals surface area contributed by atoms with Crippen molar-refractivity contribution in [1.82, 2.24) is 40.0 Å². The SMILES string of the molecule is CCn1nccc1C(=O)N[C@H](c1cn2nc(C[C@H]3C[C@@H](C(F)(F)F)CNC3=O)c(CCl)nc2n1)C(C1CC1)C1CC1. The molecule has 1 aliphatic heterocycles. The van der Waals surface area contributed by atoms with Crippen LogP contribution in [0.4, 0.5) is 13.2 Å². The molecule has 41 heavy (non-hydrogen) atoms. The van der Waals surface area contributed by atoms with Crippen molar-refractivity contribution in [3.05, 3.63) is 41.2 Å². The maximum atomic E-state index is 13.4. The first kappa shape index (κ1) is 27.9. The van der Waals surface area contributed by atoms with Gasteiger partial charge in [-0.3, -0.25) is 14.3 Å². The van der Waals surface area contributed by atoms with Gasteiger partial charge < -0.3 is 10.6 Å². The summed E-state index contributed by atoms with van der Waals surface area (Å²) in [5.74, 6) is -1.74. The molecule has 3 aromatic rings. The van der Waals surface area contributed by atoms with Crippen LogP contribution in [0, 0.1) is 29.6 Å². The Balaban J connectivity index is 1.32. The number of nitrogens with zero attached hydrogens (tertiary/aromatic N) is 6. The standard InChI is InChI=1S/C27H32ClF3N8O2/c1-2-38-21(7-8-33-38)25(41)36-23(22(14-3-4-14)15-5-6-15)20-13-39-26(35-20)34-19(11-28)18(37-39)10-16-9-17(27(29,30)31)12-32-24(16)40/h7-8,13-17,22-23H,2-6,9-12H2,1H3,(H,32,40)(H,36,41)/t16-,17-,23-/m1/s1. The number of amides is 2. The second-order valence-corrected chi connectivity index (χ2v) is 11.7. The highest BCUT2D eigenvalue weighted by molar-refractivity contribution is 6.17. The zero-order valence-corrected chi connectivity index (χ0v) is 23.3. The summed E-state index contributed by atoms with van der Waals surface area (Å²) in [6.45, 7) is 2.06. The minimum absolute atomic E-state index is 0.0230. The van der Waals surface area contributed by atoms with Crippen LogP contribution in [-0.2, 0) is 23.6 Å². The summed E-state index contributed by atoms with van der Waals surface area (Å²) in [6, 6.07) is 1.32. The van der Waals surface area contributed by atoms with Crippen molar-refractivity contribution in [3.63, 3.8) is 0 Å². The average Bonchev–Trinajstić information content (AvgIpc) is 3.87. The van der Waals surface area contributed by atoms with Crippen molar-refractivity contribution in [2.24, 2.45) is 29.6 Å². The number of fused-ring (bicyclic) bond motifs is 1. The molecule has 3 aliphatic rings. The van der Waals surface area contributed by atoms with Crippen LogP contribution in [0.2, 0.25) is 0 Å². The van der Waals surface area contributed by atoms with Crippen molar-refractivity contribution in [2.75, 3.05) is 6.54 Å². The van der Waals surface area contributed by atoms with Crippen LogP contribution >= 0.6 is 11.6 Å². The fourth-order valence-corrected chi connectivity index (χ4v) is 6.34. The zero-order chi connectivity index (χ0) is 28.9. The number of aromatic nitrogens is 6. The van der Waals surface area contributed by atoms with Gasteiger partial charge in [0.25, 0.3) is 11.7 Å². The third-order valence-electron chi connectivity index (χ3n) is 8.55. The number of hydrogen-bond donors (Lipinski definition) is 2. The lowest BCUT2D eigenvalue weighted by atomic mass is 9.86. The average molecular weight is 593 g/mol. The van der Waals surface area contributed by atoms with Crippen LogP contribution in [0.15, 0.2) is 18.5 Å². The molecule has 2 N–H and O–H groups in total. The van der Waals surface area contributed by atoms with Crippen molar-refractivity contribution in [1.29, 1.82) is 0 Å². The number of hydrogen-bond acceptors (Lipinski definition) is 6. The Hall–Kier alpha value is -3.22. The van der Waals surface area contributed by atoms with Gasteiger partial charge in [0.15, 0.2) is 0 Å². The minimum Gasteiger partial charge on any atom is -0.355 e. The summed E-state index contributed by atoms with van der Waals surface area (Å²) in [6.07, 6.45) is 3.00. The van der Waals surface area contributed by atoms with Crippen LogP contribution in [0.1, 0.15) is 72.6 Å². The second kappa shape index (κ2) is 10.9. The van der Waals surface area contributed by atoms with Crippen molar-refractivity contribution in [2.45, 2.75) is 70.1 Å². The molecular formula is C27H32ClF3N8O2. The molecule has 10 nitrogen and oxygen atoms in total. The maximum absolute atomic E-state index is 13.4. The van der Waals surface area contributed by atoms with E-state index in [9.17, 15) is 22.8 Å². The van der Waals surface area contributed by atoms with E-state index in [1.54, 1.807) is 23.1 Å². The number of carbonyl (C=O) groups is 2. The number of aryl methyl sites for hydroxylation is 1. The lowest BCUT2D eigenvalue weighted by molar-refractivity contribution is -0.183. The zero-order valence-electron chi connectivity index (χ0n) is 22.6. The van der Waals surface area contributed by atoms with Gasteiger partial charge in [0.05, 0.1) is 41.1 Å². The van der Waals surface area contributed by atoms with Gasteiger partial charge in [-0.1, -0.05) is 0 Å². The monoisotopic (exact) mass is 592 g/mol. The van der Waals surface area contributed by atoms with Gasteiger partial charge in [0.1, 0.15) is 5.69 Å². The molecule has 0 radical (unpaired) electrons. The third-order valence-corrected chi connectivity index (χ3v) is 8.80. The van der Waals surface area contributed by atoms with Crippen LogP contribution in [0.25, 0.3) is 5.78 Å². The predicted molar refractivity (Wildman–Crippen MR) is 142 cm³/mol. The summed E-state index contributed by atoms with van der Waals surface area (Å²) in [5.41, 5.74) is 1.81. The molecule has 4 heterocycles. The van der Waals surface area contributed by atoms with Crippen molar-refractivity contribution >= 4 is 29.2 Å². The summed E-state index contributed by atoms with van der Waals surface area (Å²) in [4.78, 5) is 35.2. The molecule has 0 bridgehead atoms. The van der Waals surface area contributed by atoms with E-state index in [-0.39, 0.29) is 42.4 Å². The van der Waals surface area contributed by atoms with Gasteiger partial charge >= 0.3 is 6.18 Å². The molecule has 0 unspecified atom stereocenters. The van der Waals surface area contributed by atoms with Gasteiger partial charge in [-0.15, -0.1) is 11.6 Å². The Kier molecular flexibility index (Phi) is 7.41. The predicted octanol–water partition coefficient (Wildman–Crippen LogP) is 3.84. The number of alkyl halides is 4. The molecular weight excluding hydrogens is 561 g/mol. The first-order valence-electron chi connectivity index (χ1n) is 14.1. The Morgan fingerprint density at radius 2 is 1.93 bits per heavy atom. The van der Waals surface area contributed by atoms with Crippen molar-refractivity contribution in [3.8, 4) is 0 Å². The van der Waals surface area contributed by atoms with Gasteiger partial charge in [-0.25, -0.2) is 14.5 Å². The smallest absolute Gasteiger partial charge is 0.355 e. The van der Waals surface area contributed by atoms with E-state index in [0.29, 0.717) is 41.2 Å². The van der Waals surface area contributed by atoms with Crippen molar-refractivity contribution < 1.29 is 22.8 Å². The molecule has 2 saturated carbocycles. The summed E-state index contributed by atoms with van der Waals surface area (Å²) < 4.78 is 43.3. The molecule has 0 spiro atoms. The highest BCUT2D eigenvalue weighted by atomic mass is 35.5. The fraction of sp³-hybridized carbons (Fsp3) is 0.630. The molecule has 14 heteroatoms. The van der Waals surface area contributed by atoms with E-state index >= 15 is 0 Å². The van der Waals surface area contributed by atoms with E-state index in [0.717, 1.165) is 25.7 Å². The number of rotatable bonds is 10. The first-order valence-corrected chi connectivity index (χ1v) is 14.7. The molecule has 3 fully saturated rings. The van der Waals surface area contributed by atoms with E-state index in [4.69, 9.17) is 16.6 Å². The van der Waals surface area contributed by atoms with E-state index in [2.05, 4.69) is 25.8 Å². The summed E-state index contributed by atoms with van der Waals surface area (Å²) in [7, 11) is 0.